The Kier molecular flexibility index (Phi) is 9.95. The van der Waals surface area contributed by atoms with Crippen LogP contribution in [0.25, 0.3) is 0 Å². The van der Waals surface area contributed by atoms with Gasteiger partial charge in [-0.1, -0.05) is 18.2 Å². The van der Waals surface area contributed by atoms with Crippen molar-refractivity contribution in [2.45, 2.75) is 30.8 Å². The van der Waals surface area contributed by atoms with Crippen molar-refractivity contribution in [3.63, 3.8) is 0 Å². The van der Waals surface area contributed by atoms with Gasteiger partial charge in [0.05, 0.1) is 7.11 Å². The van der Waals surface area contributed by atoms with Gasteiger partial charge in [-0.25, -0.2) is 8.42 Å². The highest BCUT2D eigenvalue weighted by Gasteiger charge is 2.50. The third-order valence-electron chi connectivity index (χ3n) is 4.53. The summed E-state index contributed by atoms with van der Waals surface area (Å²) in [5.74, 6) is 1.32. The zero-order valence-corrected chi connectivity index (χ0v) is 19.3. The molecule has 166 valence electrons. The molecule has 0 aromatic heterocycles. The van der Waals surface area contributed by atoms with E-state index in [1.807, 2.05) is 24.3 Å². The molecule has 0 unspecified atom stereocenters. The zero-order valence-electron chi connectivity index (χ0n) is 16.2. The Balaban J connectivity index is 0.00000420. The molecule has 7 nitrogen and oxygen atoms in total. The molecule has 29 heavy (non-hydrogen) atoms. The lowest BCUT2D eigenvalue weighted by molar-refractivity contribution is -0.0494. The highest BCUT2D eigenvalue weighted by Crippen LogP contribution is 2.28. The molecule has 1 aromatic carbocycles. The molecule has 0 atom stereocenters. The molecule has 1 saturated heterocycles. The average molecular weight is 550 g/mol. The lowest BCUT2D eigenvalue weighted by Crippen LogP contribution is -2.51. The molecule has 2 rings (SSSR count). The summed E-state index contributed by atoms with van der Waals surface area (Å²) in [7, 11) is -2.05. The second kappa shape index (κ2) is 11.2. The number of aliphatic imine (C=N–C) groups is 1. The molecule has 1 aromatic rings. The van der Waals surface area contributed by atoms with E-state index in [1.165, 1.54) is 0 Å². The molecule has 1 heterocycles. The van der Waals surface area contributed by atoms with Crippen molar-refractivity contribution in [1.29, 1.82) is 0 Å². The molecule has 0 amide bonds. The number of guanidine groups is 1. The van der Waals surface area contributed by atoms with Crippen molar-refractivity contribution in [2.75, 3.05) is 33.8 Å². The molecule has 1 fully saturated rings. The summed E-state index contributed by atoms with van der Waals surface area (Å²) >= 11 is 0. The lowest BCUT2D eigenvalue weighted by Gasteiger charge is -2.32. The fourth-order valence-electron chi connectivity index (χ4n) is 3.00. The Morgan fingerprint density at radius 1 is 1.28 bits per heavy atom. The second-order valence-electron chi connectivity index (χ2n) is 6.33. The number of nitrogens with one attached hydrogen (secondary N) is 2. The van der Waals surface area contributed by atoms with Crippen molar-refractivity contribution < 1.29 is 26.3 Å². The Morgan fingerprint density at radius 2 is 1.90 bits per heavy atom. The van der Waals surface area contributed by atoms with E-state index >= 15 is 0 Å². The molecule has 1 aliphatic rings. The number of alkyl halides is 3. The van der Waals surface area contributed by atoms with E-state index in [-0.39, 0.29) is 55.9 Å². The summed E-state index contributed by atoms with van der Waals surface area (Å²) in [6.07, 6.45) is 1.23. The van der Waals surface area contributed by atoms with Gasteiger partial charge in [0, 0.05) is 32.7 Å². The molecule has 2 N–H and O–H groups in total. The maximum atomic E-state index is 12.6. The number of hydrogen-bond donors (Lipinski definition) is 2. The van der Waals surface area contributed by atoms with Gasteiger partial charge in [0.2, 0.25) is 0 Å². The van der Waals surface area contributed by atoms with Crippen molar-refractivity contribution in [2.24, 2.45) is 4.99 Å². The van der Waals surface area contributed by atoms with Crippen LogP contribution in [0, 0.1) is 0 Å². The minimum absolute atomic E-state index is 0. The third-order valence-corrected chi connectivity index (χ3v) is 6.16. The van der Waals surface area contributed by atoms with Gasteiger partial charge in [0.1, 0.15) is 5.75 Å². The zero-order chi connectivity index (χ0) is 20.8. The Bertz CT molecular complexity index is 782. The standard InChI is InChI=1S/C17H25F3N4O3S.HI/c1-21-16(22-10-7-13-5-3-4-6-15(13)27-2)23-14-8-11-24(12-9-14)28(25,26)17(18,19)20;/h3-6,14H,7-12H2,1-2H3,(H2,21,22,23);1H. The van der Waals surface area contributed by atoms with Gasteiger partial charge in [-0.05, 0) is 30.9 Å². The van der Waals surface area contributed by atoms with Gasteiger partial charge < -0.3 is 15.4 Å². The maximum absolute atomic E-state index is 12.6. The van der Waals surface area contributed by atoms with Gasteiger partial charge in [0.25, 0.3) is 0 Å². The first-order chi connectivity index (χ1) is 13.2. The van der Waals surface area contributed by atoms with Crippen LogP contribution >= 0.6 is 24.0 Å². The van der Waals surface area contributed by atoms with E-state index in [0.717, 1.165) is 11.3 Å². The summed E-state index contributed by atoms with van der Waals surface area (Å²) < 4.78 is 66.6. The first-order valence-corrected chi connectivity index (χ1v) is 10.3. The first kappa shape index (κ1) is 25.8. The summed E-state index contributed by atoms with van der Waals surface area (Å²) in [5, 5.41) is 6.29. The van der Waals surface area contributed by atoms with Crippen molar-refractivity contribution >= 4 is 40.0 Å². The van der Waals surface area contributed by atoms with Crippen LogP contribution in [0.4, 0.5) is 13.2 Å². The number of piperidine rings is 1. The van der Waals surface area contributed by atoms with Crippen molar-refractivity contribution in [1.82, 2.24) is 14.9 Å². The Morgan fingerprint density at radius 3 is 2.45 bits per heavy atom. The van der Waals surface area contributed by atoms with Crippen LogP contribution < -0.4 is 15.4 Å². The van der Waals surface area contributed by atoms with E-state index in [9.17, 15) is 21.6 Å². The number of sulfonamides is 1. The smallest absolute Gasteiger partial charge is 0.496 e. The summed E-state index contributed by atoms with van der Waals surface area (Å²) in [4.78, 5) is 4.11. The average Bonchev–Trinajstić information content (AvgIpc) is 2.67. The van der Waals surface area contributed by atoms with Gasteiger partial charge in [-0.15, -0.1) is 24.0 Å². The van der Waals surface area contributed by atoms with E-state index in [0.29, 0.717) is 23.2 Å². The SMILES string of the molecule is CN=C(NCCc1ccccc1OC)NC1CCN(S(=O)(=O)C(F)(F)F)CC1.I. The topological polar surface area (TPSA) is 83.0 Å². The van der Waals surface area contributed by atoms with E-state index in [2.05, 4.69) is 15.6 Å². The van der Waals surface area contributed by atoms with Crippen molar-refractivity contribution in [3.05, 3.63) is 29.8 Å². The van der Waals surface area contributed by atoms with Crippen molar-refractivity contribution in [3.8, 4) is 5.75 Å². The number of halogens is 4. The highest BCUT2D eigenvalue weighted by molar-refractivity contribution is 14.0. The number of para-hydroxylation sites is 1. The van der Waals surface area contributed by atoms with Crippen LogP contribution in [0.5, 0.6) is 5.75 Å². The maximum Gasteiger partial charge on any atom is 0.511 e. The van der Waals surface area contributed by atoms with Gasteiger partial charge in [0.15, 0.2) is 5.96 Å². The monoisotopic (exact) mass is 550 g/mol. The normalized spacial score (nSPS) is 16.8. The molecule has 1 aliphatic heterocycles. The minimum atomic E-state index is -5.26. The van der Waals surface area contributed by atoms with Crippen LogP contribution in [-0.4, -0.2) is 64.0 Å². The molecule has 0 spiro atoms. The predicted octanol–water partition coefficient (Wildman–Crippen LogP) is 2.33. The lowest BCUT2D eigenvalue weighted by atomic mass is 10.1. The van der Waals surface area contributed by atoms with Crippen LogP contribution in [0.2, 0.25) is 0 Å². The number of ether oxygens (including phenoxy) is 1. The Labute approximate surface area is 186 Å². The third kappa shape index (κ3) is 6.88. The molecular weight excluding hydrogens is 524 g/mol. The minimum Gasteiger partial charge on any atom is -0.496 e. The van der Waals surface area contributed by atoms with E-state index < -0.39 is 15.5 Å². The summed E-state index contributed by atoms with van der Waals surface area (Å²) in [5.41, 5.74) is -4.22. The molecule has 12 heteroatoms. The van der Waals surface area contributed by atoms with E-state index in [1.54, 1.807) is 14.2 Å². The van der Waals surface area contributed by atoms with E-state index in [4.69, 9.17) is 4.74 Å². The number of rotatable bonds is 6. The van der Waals surface area contributed by atoms with Crippen LogP contribution in [0.1, 0.15) is 18.4 Å². The van der Waals surface area contributed by atoms with Gasteiger partial charge >= 0.3 is 15.5 Å². The van der Waals surface area contributed by atoms with Crippen LogP contribution in [0.15, 0.2) is 29.3 Å². The van der Waals surface area contributed by atoms with Gasteiger partial charge in [-0.2, -0.15) is 17.5 Å². The summed E-state index contributed by atoms with van der Waals surface area (Å²) in [6.45, 7) is 0.219. The first-order valence-electron chi connectivity index (χ1n) is 8.84. The largest absolute Gasteiger partial charge is 0.511 e. The fourth-order valence-corrected chi connectivity index (χ4v) is 3.98. The van der Waals surface area contributed by atoms with Crippen LogP contribution in [-0.2, 0) is 16.4 Å². The molecule has 0 bridgehead atoms. The van der Waals surface area contributed by atoms with Gasteiger partial charge in [-0.3, -0.25) is 4.99 Å². The highest BCUT2D eigenvalue weighted by atomic mass is 127. The molecule has 0 aliphatic carbocycles. The molecular formula is C17H26F3IN4O3S. The quantitative estimate of drug-likeness (QED) is 0.323. The fraction of sp³-hybridized carbons (Fsp3) is 0.588. The number of hydrogen-bond acceptors (Lipinski definition) is 4. The molecule has 0 radical (unpaired) electrons. The second-order valence-corrected chi connectivity index (χ2v) is 8.26. The molecule has 0 saturated carbocycles. The number of benzene rings is 1. The summed E-state index contributed by atoms with van der Waals surface area (Å²) in [6, 6.07) is 7.51. The predicted molar refractivity (Wildman–Crippen MR) is 116 cm³/mol. The number of nitrogens with zero attached hydrogens (tertiary/aromatic N) is 2. The number of methoxy groups -OCH3 is 1. The Hall–Kier alpha value is -1.28. The van der Waals surface area contributed by atoms with Crippen LogP contribution in [0.3, 0.4) is 0 Å².